The van der Waals surface area contributed by atoms with E-state index < -0.39 is 0 Å². The maximum Gasteiger partial charge on any atom is 0.251 e. The SMILES string of the molecule is Cc1ccc(CNC2CCN(CCn3c(=O)ccc4ccc(C#N)cc43)CC2)cc1N. The molecule has 2 aromatic carbocycles. The zero-order valence-corrected chi connectivity index (χ0v) is 18.0. The van der Waals surface area contributed by atoms with Gasteiger partial charge in [0, 0.05) is 37.4 Å². The van der Waals surface area contributed by atoms with Crippen LogP contribution in [0.4, 0.5) is 5.69 Å². The number of aryl methyl sites for hydroxylation is 1. The highest BCUT2D eigenvalue weighted by Gasteiger charge is 2.19. The van der Waals surface area contributed by atoms with Crippen LogP contribution in [0.1, 0.15) is 29.5 Å². The summed E-state index contributed by atoms with van der Waals surface area (Å²) >= 11 is 0. The number of nitriles is 1. The van der Waals surface area contributed by atoms with E-state index in [1.165, 1.54) is 5.56 Å². The van der Waals surface area contributed by atoms with Crippen LogP contribution in [0.3, 0.4) is 0 Å². The lowest BCUT2D eigenvalue weighted by atomic mass is 10.0. The number of hydrogen-bond acceptors (Lipinski definition) is 5. The van der Waals surface area contributed by atoms with E-state index in [-0.39, 0.29) is 5.56 Å². The Bertz CT molecular complexity index is 1170. The summed E-state index contributed by atoms with van der Waals surface area (Å²) in [5, 5.41) is 13.8. The molecule has 31 heavy (non-hydrogen) atoms. The van der Waals surface area contributed by atoms with Gasteiger partial charge < -0.3 is 20.5 Å². The van der Waals surface area contributed by atoms with E-state index in [1.54, 1.807) is 16.7 Å². The van der Waals surface area contributed by atoms with Crippen molar-refractivity contribution in [2.75, 3.05) is 25.4 Å². The second kappa shape index (κ2) is 9.34. The van der Waals surface area contributed by atoms with Crippen LogP contribution in [0, 0.1) is 18.3 Å². The molecule has 1 saturated heterocycles. The number of nitrogens with zero attached hydrogens (tertiary/aromatic N) is 3. The maximum absolute atomic E-state index is 12.5. The fourth-order valence-corrected chi connectivity index (χ4v) is 4.25. The van der Waals surface area contributed by atoms with Gasteiger partial charge in [0.05, 0.1) is 17.1 Å². The van der Waals surface area contributed by atoms with Crippen LogP contribution in [0.2, 0.25) is 0 Å². The molecule has 0 aliphatic carbocycles. The lowest BCUT2D eigenvalue weighted by Crippen LogP contribution is -2.43. The molecule has 1 aliphatic heterocycles. The molecule has 1 aliphatic rings. The molecule has 0 bridgehead atoms. The quantitative estimate of drug-likeness (QED) is 0.605. The van der Waals surface area contributed by atoms with Gasteiger partial charge in [-0.2, -0.15) is 5.26 Å². The molecule has 6 heteroatoms. The van der Waals surface area contributed by atoms with Gasteiger partial charge in [-0.15, -0.1) is 0 Å². The summed E-state index contributed by atoms with van der Waals surface area (Å²) in [7, 11) is 0. The molecule has 4 rings (SSSR count). The summed E-state index contributed by atoms with van der Waals surface area (Å²) in [6, 6.07) is 17.9. The highest BCUT2D eigenvalue weighted by Crippen LogP contribution is 2.17. The van der Waals surface area contributed by atoms with Crippen LogP contribution in [0.15, 0.2) is 53.3 Å². The standard InChI is InChI=1S/C25H29N5O/c1-18-2-3-20(14-23(18)27)17-28-22-8-10-29(11-9-22)12-13-30-24-15-19(16-26)4-5-21(24)6-7-25(30)31/h2-7,14-15,22,28H,8-13,17,27H2,1H3. The van der Waals surface area contributed by atoms with E-state index in [4.69, 9.17) is 5.73 Å². The Labute approximate surface area is 182 Å². The van der Waals surface area contributed by atoms with Crippen LogP contribution in [-0.2, 0) is 13.1 Å². The number of pyridine rings is 1. The number of nitrogen functional groups attached to an aromatic ring is 1. The first kappa shape index (κ1) is 21.1. The summed E-state index contributed by atoms with van der Waals surface area (Å²) < 4.78 is 1.79. The second-order valence-corrected chi connectivity index (χ2v) is 8.40. The topological polar surface area (TPSA) is 87.1 Å². The third-order valence-electron chi connectivity index (χ3n) is 6.29. The monoisotopic (exact) mass is 415 g/mol. The number of likely N-dealkylation sites (tertiary alicyclic amines) is 1. The smallest absolute Gasteiger partial charge is 0.251 e. The van der Waals surface area contributed by atoms with E-state index in [0.29, 0.717) is 18.2 Å². The highest BCUT2D eigenvalue weighted by molar-refractivity contribution is 5.80. The predicted octanol–water partition coefficient (Wildman–Crippen LogP) is 3.02. The molecule has 6 nitrogen and oxygen atoms in total. The Morgan fingerprint density at radius 3 is 2.61 bits per heavy atom. The molecule has 0 unspecified atom stereocenters. The molecule has 160 valence electrons. The number of fused-ring (bicyclic) bond motifs is 1. The predicted molar refractivity (Wildman–Crippen MR) is 125 cm³/mol. The van der Waals surface area contributed by atoms with E-state index in [9.17, 15) is 10.1 Å². The maximum atomic E-state index is 12.5. The third kappa shape index (κ3) is 4.96. The van der Waals surface area contributed by atoms with E-state index >= 15 is 0 Å². The van der Waals surface area contributed by atoms with Crippen molar-refractivity contribution >= 4 is 16.6 Å². The van der Waals surface area contributed by atoms with Gasteiger partial charge in [-0.1, -0.05) is 18.2 Å². The average molecular weight is 416 g/mol. The van der Waals surface area contributed by atoms with E-state index in [1.807, 2.05) is 25.1 Å². The van der Waals surface area contributed by atoms with Crippen molar-refractivity contribution in [1.29, 1.82) is 5.26 Å². The summed E-state index contributed by atoms with van der Waals surface area (Å²) in [5.41, 5.74) is 10.6. The number of benzene rings is 2. The van der Waals surface area contributed by atoms with Gasteiger partial charge in [0.25, 0.3) is 5.56 Å². The van der Waals surface area contributed by atoms with Gasteiger partial charge >= 0.3 is 0 Å². The van der Waals surface area contributed by atoms with Crippen molar-refractivity contribution in [3.05, 3.63) is 75.6 Å². The first-order valence-corrected chi connectivity index (χ1v) is 10.9. The Kier molecular flexibility index (Phi) is 6.36. The molecule has 1 fully saturated rings. The summed E-state index contributed by atoms with van der Waals surface area (Å²) in [6.45, 7) is 6.34. The lowest BCUT2D eigenvalue weighted by molar-refractivity contribution is 0.191. The normalized spacial score (nSPS) is 15.2. The minimum Gasteiger partial charge on any atom is -0.399 e. The van der Waals surface area contributed by atoms with E-state index in [0.717, 1.165) is 61.2 Å². The van der Waals surface area contributed by atoms with Crippen molar-refractivity contribution in [3.8, 4) is 6.07 Å². The first-order valence-electron chi connectivity index (χ1n) is 10.9. The van der Waals surface area contributed by atoms with Crippen molar-refractivity contribution in [1.82, 2.24) is 14.8 Å². The molecule has 0 atom stereocenters. The minimum atomic E-state index is -0.0171. The van der Waals surface area contributed by atoms with Crippen molar-refractivity contribution in [2.45, 2.75) is 38.9 Å². The lowest BCUT2D eigenvalue weighted by Gasteiger charge is -2.32. The minimum absolute atomic E-state index is 0.0171. The molecule has 0 saturated carbocycles. The van der Waals surface area contributed by atoms with Crippen molar-refractivity contribution in [3.63, 3.8) is 0 Å². The number of nitrogens with one attached hydrogen (secondary N) is 1. The Morgan fingerprint density at radius 1 is 1.10 bits per heavy atom. The Balaban J connectivity index is 1.31. The molecular weight excluding hydrogens is 386 g/mol. The fourth-order valence-electron chi connectivity index (χ4n) is 4.25. The third-order valence-corrected chi connectivity index (χ3v) is 6.29. The zero-order valence-electron chi connectivity index (χ0n) is 18.0. The fraction of sp³-hybridized carbons (Fsp3) is 0.360. The molecule has 1 aromatic heterocycles. The summed E-state index contributed by atoms with van der Waals surface area (Å²) in [4.78, 5) is 14.9. The van der Waals surface area contributed by atoms with Crippen molar-refractivity contribution < 1.29 is 0 Å². The van der Waals surface area contributed by atoms with Gasteiger partial charge in [0.2, 0.25) is 0 Å². The zero-order chi connectivity index (χ0) is 21.8. The van der Waals surface area contributed by atoms with Gasteiger partial charge in [-0.05, 0) is 73.6 Å². The summed E-state index contributed by atoms with van der Waals surface area (Å²) in [5.74, 6) is 0. The van der Waals surface area contributed by atoms with E-state index in [2.05, 4.69) is 34.5 Å². The van der Waals surface area contributed by atoms with Crippen LogP contribution in [0.5, 0.6) is 0 Å². The number of rotatable bonds is 6. The molecule has 3 N–H and O–H groups in total. The van der Waals surface area contributed by atoms with Crippen LogP contribution >= 0.6 is 0 Å². The van der Waals surface area contributed by atoms with Crippen LogP contribution < -0.4 is 16.6 Å². The molecule has 0 amide bonds. The number of anilines is 1. The molecule has 2 heterocycles. The number of piperidine rings is 1. The van der Waals surface area contributed by atoms with Crippen molar-refractivity contribution in [2.24, 2.45) is 0 Å². The van der Waals surface area contributed by atoms with Gasteiger partial charge in [-0.3, -0.25) is 4.79 Å². The van der Waals surface area contributed by atoms with Gasteiger partial charge in [-0.25, -0.2) is 0 Å². The van der Waals surface area contributed by atoms with Gasteiger partial charge in [0.1, 0.15) is 0 Å². The second-order valence-electron chi connectivity index (χ2n) is 8.40. The van der Waals surface area contributed by atoms with Crippen LogP contribution in [0.25, 0.3) is 10.9 Å². The molecule has 0 radical (unpaired) electrons. The van der Waals surface area contributed by atoms with Gasteiger partial charge in [0.15, 0.2) is 0 Å². The number of nitrogens with two attached hydrogens (primary N) is 1. The average Bonchev–Trinajstić information content (AvgIpc) is 2.79. The Morgan fingerprint density at radius 2 is 1.87 bits per heavy atom. The highest BCUT2D eigenvalue weighted by atomic mass is 16.1. The first-order chi connectivity index (χ1) is 15.0. The largest absolute Gasteiger partial charge is 0.399 e. The Hall–Kier alpha value is -3.14. The molecule has 3 aromatic rings. The number of hydrogen-bond donors (Lipinski definition) is 2. The summed E-state index contributed by atoms with van der Waals surface area (Å²) in [6.07, 6.45) is 2.18. The molecular formula is C25H29N5O. The number of aromatic nitrogens is 1. The molecule has 0 spiro atoms. The van der Waals surface area contributed by atoms with Crippen LogP contribution in [-0.4, -0.2) is 35.1 Å².